The van der Waals surface area contributed by atoms with E-state index in [4.69, 9.17) is 14.5 Å². The Morgan fingerprint density at radius 1 is 0.978 bits per heavy atom. The van der Waals surface area contributed by atoms with Crippen molar-refractivity contribution < 1.29 is 14.3 Å². The highest BCUT2D eigenvalue weighted by Gasteiger charge is 2.37. The highest BCUT2D eigenvalue weighted by atomic mass is 32.2. The fraction of sp³-hybridized carbons (Fsp3) is 0.316. The van der Waals surface area contributed by atoms with Crippen molar-refractivity contribution in [3.63, 3.8) is 0 Å². The van der Waals surface area contributed by atoms with Crippen molar-refractivity contribution in [2.45, 2.75) is 56.2 Å². The number of nitrogens with one attached hydrogen (secondary N) is 1. The Morgan fingerprint density at radius 2 is 1.74 bits per heavy atom. The fourth-order valence-corrected chi connectivity index (χ4v) is 7.18. The molecule has 0 spiro atoms. The Bertz CT molecular complexity index is 1760. The minimum atomic E-state index is -0.186. The molecule has 1 aromatic heterocycles. The highest BCUT2D eigenvalue weighted by Crippen LogP contribution is 2.40. The van der Waals surface area contributed by atoms with Gasteiger partial charge in [-0.15, -0.1) is 0 Å². The van der Waals surface area contributed by atoms with E-state index in [1.54, 1.807) is 19.1 Å². The van der Waals surface area contributed by atoms with Crippen LogP contribution in [0.1, 0.15) is 47.7 Å². The average Bonchev–Trinajstić information content (AvgIpc) is 3.38. The Balaban J connectivity index is 1.15. The van der Waals surface area contributed by atoms with Gasteiger partial charge >= 0.3 is 5.97 Å². The first kappa shape index (κ1) is 31.7. The minimum absolute atomic E-state index is 0.0622. The Kier molecular flexibility index (Phi) is 9.95. The van der Waals surface area contributed by atoms with Crippen LogP contribution in [0.25, 0.3) is 11.0 Å². The van der Waals surface area contributed by atoms with Gasteiger partial charge in [0, 0.05) is 37.3 Å². The van der Waals surface area contributed by atoms with Crippen LogP contribution in [0.15, 0.2) is 102 Å². The zero-order valence-electron chi connectivity index (χ0n) is 27.0. The largest absolute Gasteiger partial charge is 0.497 e. The van der Waals surface area contributed by atoms with Crippen LogP contribution in [0.4, 0.5) is 5.69 Å². The first-order valence-corrected chi connectivity index (χ1v) is 16.7. The summed E-state index contributed by atoms with van der Waals surface area (Å²) in [6, 6.07) is 33.5. The van der Waals surface area contributed by atoms with E-state index in [0.29, 0.717) is 12.6 Å². The van der Waals surface area contributed by atoms with Crippen molar-refractivity contribution in [3.05, 3.63) is 120 Å². The van der Waals surface area contributed by atoms with Crippen molar-refractivity contribution in [3.8, 4) is 5.75 Å². The van der Waals surface area contributed by atoms with Crippen molar-refractivity contribution in [1.29, 1.82) is 0 Å². The summed E-state index contributed by atoms with van der Waals surface area (Å²) in [5, 5.41) is 3.76. The second kappa shape index (κ2) is 14.4. The third-order valence-electron chi connectivity index (χ3n) is 9.13. The van der Waals surface area contributed by atoms with Crippen LogP contribution >= 0.6 is 11.9 Å². The molecule has 4 aromatic carbocycles. The third kappa shape index (κ3) is 7.40. The van der Waals surface area contributed by atoms with Crippen LogP contribution < -0.4 is 14.4 Å². The first-order valence-electron chi connectivity index (χ1n) is 15.9. The standard InChI is InChI=1S/C38H42N4O3S/c1-26-40-36-23-33(19-21-37(36)41(26)2)46-42(3)31-15-12-29(13-16-31)35-22-30(39-24-27-10-17-32(44-4)18-11-27)14-20-34(35)38(43)45-25-28-8-6-5-7-9-28/h5-13,15-19,21,23,30,34-35,39H,14,20,22,24-25H2,1-4H3/t30?,34?,35-/m0/s1. The number of carbonyl (C=O) groups excluding carboxylic acids is 1. The molecule has 7 nitrogen and oxygen atoms in total. The number of anilines is 1. The van der Waals surface area contributed by atoms with E-state index in [0.717, 1.165) is 64.6 Å². The number of rotatable bonds is 11. The molecule has 5 aromatic rings. The molecule has 0 aliphatic heterocycles. The Morgan fingerprint density at radius 3 is 2.48 bits per heavy atom. The van der Waals surface area contributed by atoms with Gasteiger partial charge in [-0.1, -0.05) is 54.6 Å². The molecule has 1 heterocycles. The molecule has 3 atom stereocenters. The summed E-state index contributed by atoms with van der Waals surface area (Å²) >= 11 is 1.68. The van der Waals surface area contributed by atoms with Crippen molar-refractivity contribution in [2.75, 3.05) is 18.5 Å². The van der Waals surface area contributed by atoms with Gasteiger partial charge in [-0.05, 0) is 103 Å². The molecular weight excluding hydrogens is 593 g/mol. The van der Waals surface area contributed by atoms with Crippen LogP contribution in [0.5, 0.6) is 5.75 Å². The number of nitrogens with zero attached hydrogens (tertiary/aromatic N) is 3. The van der Waals surface area contributed by atoms with Gasteiger partial charge in [0.1, 0.15) is 18.2 Å². The molecule has 8 heteroatoms. The minimum Gasteiger partial charge on any atom is -0.497 e. The number of fused-ring (bicyclic) bond motifs is 1. The maximum absolute atomic E-state index is 13.5. The highest BCUT2D eigenvalue weighted by molar-refractivity contribution is 8.00. The fourth-order valence-electron chi connectivity index (χ4n) is 6.35. The van der Waals surface area contributed by atoms with E-state index in [1.807, 2.05) is 56.4 Å². The molecule has 0 bridgehead atoms. The van der Waals surface area contributed by atoms with E-state index in [2.05, 4.69) is 75.8 Å². The number of benzene rings is 4. The van der Waals surface area contributed by atoms with Crippen LogP contribution in [0, 0.1) is 12.8 Å². The van der Waals surface area contributed by atoms with E-state index in [9.17, 15) is 4.79 Å². The second-order valence-corrected chi connectivity index (χ2v) is 13.3. The number of imidazole rings is 1. The summed E-state index contributed by atoms with van der Waals surface area (Å²) in [6.07, 6.45) is 2.58. The molecule has 238 valence electrons. The first-order chi connectivity index (χ1) is 22.4. The SMILES string of the molecule is COc1ccc(CNC2CCC(C(=O)OCc3ccccc3)[C@H](c3ccc(N(C)Sc4ccc5c(c4)nc(C)n5C)cc3)C2)cc1. The van der Waals surface area contributed by atoms with Gasteiger partial charge in [-0.2, -0.15) is 0 Å². The summed E-state index contributed by atoms with van der Waals surface area (Å²) in [5.74, 6) is 1.63. The normalized spacial score (nSPS) is 18.0. The molecule has 0 radical (unpaired) electrons. The predicted molar refractivity (Wildman–Crippen MR) is 186 cm³/mol. The van der Waals surface area contributed by atoms with Gasteiger partial charge in [-0.3, -0.25) is 4.79 Å². The van der Waals surface area contributed by atoms with Crippen molar-refractivity contribution in [2.24, 2.45) is 13.0 Å². The van der Waals surface area contributed by atoms with Crippen LogP contribution in [-0.2, 0) is 29.7 Å². The summed E-state index contributed by atoms with van der Waals surface area (Å²) in [5.41, 5.74) is 6.62. The molecule has 2 unspecified atom stereocenters. The average molecular weight is 635 g/mol. The van der Waals surface area contributed by atoms with Gasteiger partial charge in [0.15, 0.2) is 0 Å². The molecule has 1 saturated carbocycles. The number of aromatic nitrogens is 2. The smallest absolute Gasteiger partial charge is 0.309 e. The zero-order valence-corrected chi connectivity index (χ0v) is 27.8. The van der Waals surface area contributed by atoms with Gasteiger partial charge < -0.3 is 23.7 Å². The lowest BCUT2D eigenvalue weighted by atomic mass is 9.73. The van der Waals surface area contributed by atoms with E-state index in [1.165, 1.54) is 11.1 Å². The lowest BCUT2D eigenvalue weighted by molar-refractivity contribution is -0.152. The third-order valence-corrected chi connectivity index (χ3v) is 10.1. The molecule has 0 amide bonds. The number of ether oxygens (including phenoxy) is 2. The summed E-state index contributed by atoms with van der Waals surface area (Å²) in [7, 11) is 5.81. The van der Waals surface area contributed by atoms with Gasteiger partial charge in [0.25, 0.3) is 0 Å². The molecular formula is C38H42N4O3S. The number of carbonyl (C=O) groups is 1. The van der Waals surface area contributed by atoms with E-state index in [-0.39, 0.29) is 17.8 Å². The van der Waals surface area contributed by atoms with Gasteiger partial charge in [0.2, 0.25) is 0 Å². The number of aryl methyl sites for hydroxylation is 2. The van der Waals surface area contributed by atoms with Crippen LogP contribution in [-0.4, -0.2) is 35.7 Å². The number of esters is 1. The second-order valence-electron chi connectivity index (χ2n) is 12.1. The van der Waals surface area contributed by atoms with Crippen LogP contribution in [0.2, 0.25) is 0 Å². The monoisotopic (exact) mass is 634 g/mol. The number of methoxy groups -OCH3 is 1. The Hall–Kier alpha value is -4.27. The maximum atomic E-state index is 13.5. The predicted octanol–water partition coefficient (Wildman–Crippen LogP) is 7.82. The molecule has 1 fully saturated rings. The topological polar surface area (TPSA) is 68.6 Å². The van der Waals surface area contributed by atoms with Crippen molar-refractivity contribution >= 4 is 34.6 Å². The lowest BCUT2D eigenvalue weighted by Crippen LogP contribution is -2.39. The lowest BCUT2D eigenvalue weighted by Gasteiger charge is -2.36. The van der Waals surface area contributed by atoms with E-state index >= 15 is 0 Å². The Labute approximate surface area is 276 Å². The molecule has 1 aliphatic carbocycles. The summed E-state index contributed by atoms with van der Waals surface area (Å²) < 4.78 is 15.5. The van der Waals surface area contributed by atoms with Crippen molar-refractivity contribution in [1.82, 2.24) is 14.9 Å². The number of hydrogen-bond acceptors (Lipinski definition) is 7. The van der Waals surface area contributed by atoms with Gasteiger partial charge in [0.05, 0.1) is 24.1 Å². The van der Waals surface area contributed by atoms with Crippen LogP contribution in [0.3, 0.4) is 0 Å². The zero-order chi connectivity index (χ0) is 32.0. The molecule has 1 aliphatic rings. The number of hydrogen-bond donors (Lipinski definition) is 1. The summed E-state index contributed by atoms with van der Waals surface area (Å²) in [4.78, 5) is 19.4. The van der Waals surface area contributed by atoms with E-state index < -0.39 is 0 Å². The van der Waals surface area contributed by atoms with Gasteiger partial charge in [-0.25, -0.2) is 4.98 Å². The summed E-state index contributed by atoms with van der Waals surface area (Å²) in [6.45, 7) is 3.10. The molecule has 1 N–H and O–H groups in total. The molecule has 6 rings (SSSR count). The molecule has 46 heavy (non-hydrogen) atoms. The maximum Gasteiger partial charge on any atom is 0.309 e. The quantitative estimate of drug-likeness (QED) is 0.117. The molecule has 0 saturated heterocycles.